The second-order valence-electron chi connectivity index (χ2n) is 10.8. The predicted octanol–water partition coefficient (Wildman–Crippen LogP) is 11.9. The summed E-state index contributed by atoms with van der Waals surface area (Å²) in [5.74, 6) is 0. The molecule has 2 aliphatic carbocycles. The summed E-state index contributed by atoms with van der Waals surface area (Å²) in [5.41, 5.74) is 4.38. The highest BCUT2D eigenvalue weighted by Gasteiger charge is 2.06. The van der Waals surface area contributed by atoms with Crippen molar-refractivity contribution in [3.8, 4) is 11.1 Å². The number of hydrogen-bond donors (Lipinski definition) is 0. The molecule has 2 rings (SSSR count). The van der Waals surface area contributed by atoms with Gasteiger partial charge in [-0.2, -0.15) is 0 Å². The minimum atomic E-state index is 1.24. The van der Waals surface area contributed by atoms with Crippen LogP contribution in [0, 0.1) is 0 Å². The minimum absolute atomic E-state index is 1.24. The maximum absolute atomic E-state index is 2.34. The Kier molecular flexibility index (Phi) is 17.9. The topological polar surface area (TPSA) is 0 Å². The zero-order chi connectivity index (χ0) is 23.9. The Hall–Kier alpha value is -1.30. The lowest BCUT2D eigenvalue weighted by atomic mass is 10.0. The molecular weight excluding hydrogens is 408 g/mol. The fraction of sp³-hybridized carbons (Fsp3) is 0.706. The van der Waals surface area contributed by atoms with Crippen LogP contribution in [0.15, 0.2) is 42.5 Å². The lowest BCUT2D eigenvalue weighted by Gasteiger charge is -2.05. The van der Waals surface area contributed by atoms with Gasteiger partial charge >= 0.3 is 0 Å². The van der Waals surface area contributed by atoms with E-state index in [0.717, 1.165) is 0 Å². The van der Waals surface area contributed by atoms with Crippen LogP contribution in [0.25, 0.3) is 11.1 Å². The fourth-order valence-corrected chi connectivity index (χ4v) is 5.42. The van der Waals surface area contributed by atoms with Crippen LogP contribution in [0.4, 0.5) is 0 Å². The van der Waals surface area contributed by atoms with Crippen LogP contribution in [0.3, 0.4) is 0 Å². The molecule has 34 heavy (non-hydrogen) atoms. The van der Waals surface area contributed by atoms with Crippen molar-refractivity contribution in [2.75, 3.05) is 0 Å². The Morgan fingerprint density at radius 2 is 0.794 bits per heavy atom. The van der Waals surface area contributed by atoms with Crippen molar-refractivity contribution < 1.29 is 0 Å². The van der Waals surface area contributed by atoms with E-state index in [0.29, 0.717) is 0 Å². The van der Waals surface area contributed by atoms with E-state index in [1.54, 1.807) is 5.56 Å². The third kappa shape index (κ3) is 14.2. The molecule has 0 spiro atoms. The lowest BCUT2D eigenvalue weighted by Crippen LogP contribution is -1.86. The summed E-state index contributed by atoms with van der Waals surface area (Å²) in [6.07, 6.45) is 33.2. The molecule has 0 atom stereocenters. The zero-order valence-corrected chi connectivity index (χ0v) is 22.8. The predicted molar refractivity (Wildman–Crippen MR) is 154 cm³/mol. The maximum Gasteiger partial charge on any atom is -0.0152 e. The van der Waals surface area contributed by atoms with E-state index in [9.17, 15) is 0 Å². The van der Waals surface area contributed by atoms with Crippen LogP contribution in [-0.4, -0.2) is 0 Å². The van der Waals surface area contributed by atoms with Crippen molar-refractivity contribution in [3.05, 3.63) is 48.0 Å². The Morgan fingerprint density at radius 1 is 0.382 bits per heavy atom. The van der Waals surface area contributed by atoms with E-state index >= 15 is 0 Å². The Morgan fingerprint density at radius 3 is 1.26 bits per heavy atom. The summed E-state index contributed by atoms with van der Waals surface area (Å²) in [5, 5.41) is 0. The molecule has 0 aliphatic heterocycles. The lowest BCUT2D eigenvalue weighted by molar-refractivity contribution is 0.519. The second kappa shape index (κ2) is 21.0. The maximum atomic E-state index is 2.34. The average molecular weight is 465 g/mol. The quantitative estimate of drug-likeness (QED) is 0.143. The van der Waals surface area contributed by atoms with Crippen molar-refractivity contribution in [3.63, 3.8) is 0 Å². The highest BCUT2D eigenvalue weighted by Crippen LogP contribution is 2.28. The normalized spacial score (nSPS) is 11.4. The highest BCUT2D eigenvalue weighted by atomic mass is 14.1. The van der Waals surface area contributed by atoms with Crippen molar-refractivity contribution in [1.82, 2.24) is 0 Å². The molecule has 2 aliphatic rings. The first-order valence-electron chi connectivity index (χ1n) is 15.4. The van der Waals surface area contributed by atoms with Crippen LogP contribution in [0.5, 0.6) is 0 Å². The summed E-state index contributed by atoms with van der Waals surface area (Å²) in [6.45, 7) is 2.30. The molecule has 0 aromatic rings. The van der Waals surface area contributed by atoms with E-state index < -0.39 is 0 Å². The SMILES string of the molecule is CCCCCCCCCCCCCCCCCCCCCCCCc1ccc2cccccc1-2. The van der Waals surface area contributed by atoms with Gasteiger partial charge in [0.15, 0.2) is 0 Å². The van der Waals surface area contributed by atoms with Crippen molar-refractivity contribution in [2.45, 2.75) is 155 Å². The van der Waals surface area contributed by atoms with Crippen molar-refractivity contribution in [2.24, 2.45) is 0 Å². The molecule has 0 unspecified atom stereocenters. The molecule has 0 fully saturated rings. The molecule has 0 heteroatoms. The molecule has 0 bridgehead atoms. The first-order chi connectivity index (χ1) is 16.9. The van der Waals surface area contributed by atoms with E-state index in [1.807, 2.05) is 0 Å². The standard InChI is InChI=1S/C34H56/c1-2-3-4-5-6-7-8-9-10-11-12-13-14-15-16-17-18-19-20-21-22-24-27-32-30-31-33-28-25-23-26-29-34(32)33/h23,25-26,28-31H,2-22,24,27H2,1H3. The van der Waals surface area contributed by atoms with Crippen LogP contribution in [0.2, 0.25) is 0 Å². The summed E-state index contributed by atoms with van der Waals surface area (Å²) >= 11 is 0. The van der Waals surface area contributed by atoms with Gasteiger partial charge in [0.1, 0.15) is 0 Å². The van der Waals surface area contributed by atoms with Gasteiger partial charge in [0.2, 0.25) is 0 Å². The fourth-order valence-electron chi connectivity index (χ4n) is 5.42. The molecule has 0 radical (unpaired) electrons. The van der Waals surface area contributed by atoms with Gasteiger partial charge in [0, 0.05) is 0 Å². The zero-order valence-electron chi connectivity index (χ0n) is 22.8. The van der Waals surface area contributed by atoms with Gasteiger partial charge in [0.25, 0.3) is 0 Å². The van der Waals surface area contributed by atoms with Gasteiger partial charge in [-0.1, -0.05) is 184 Å². The minimum Gasteiger partial charge on any atom is -0.0654 e. The molecule has 0 aromatic heterocycles. The van der Waals surface area contributed by atoms with E-state index in [4.69, 9.17) is 0 Å². The Balaban J connectivity index is 1.26. The molecule has 0 saturated carbocycles. The third-order valence-corrected chi connectivity index (χ3v) is 7.68. The molecule has 0 N–H and O–H groups in total. The molecule has 192 valence electrons. The van der Waals surface area contributed by atoms with Crippen LogP contribution < -0.4 is 0 Å². The van der Waals surface area contributed by atoms with Gasteiger partial charge in [-0.25, -0.2) is 0 Å². The first-order valence-corrected chi connectivity index (χ1v) is 15.4. The number of fused-ring (bicyclic) bond motifs is 1. The largest absolute Gasteiger partial charge is 0.0654 e. The summed E-state index contributed by atoms with van der Waals surface area (Å²) < 4.78 is 0. The summed E-state index contributed by atoms with van der Waals surface area (Å²) in [6, 6.07) is 15.6. The highest BCUT2D eigenvalue weighted by molar-refractivity contribution is 5.70. The van der Waals surface area contributed by atoms with Gasteiger partial charge in [-0.3, -0.25) is 0 Å². The molecule has 0 heterocycles. The number of rotatable bonds is 23. The number of unbranched alkanes of at least 4 members (excludes halogenated alkanes) is 21. The van der Waals surface area contributed by atoms with Gasteiger partial charge < -0.3 is 0 Å². The van der Waals surface area contributed by atoms with Gasteiger partial charge in [-0.05, 0) is 29.5 Å². The molecule has 0 aromatic carbocycles. The van der Waals surface area contributed by atoms with Gasteiger partial charge in [0.05, 0.1) is 0 Å². The molecule has 0 nitrogen and oxygen atoms in total. The summed E-state index contributed by atoms with van der Waals surface area (Å²) in [4.78, 5) is 0. The first kappa shape index (κ1) is 28.9. The monoisotopic (exact) mass is 464 g/mol. The second-order valence-corrected chi connectivity index (χ2v) is 10.8. The smallest absolute Gasteiger partial charge is 0.0152 e. The molecule has 0 saturated heterocycles. The third-order valence-electron chi connectivity index (χ3n) is 7.68. The van der Waals surface area contributed by atoms with Crippen molar-refractivity contribution >= 4 is 0 Å². The number of aryl methyl sites for hydroxylation is 1. The Bertz CT molecular complexity index is 657. The molecule has 0 amide bonds. The van der Waals surface area contributed by atoms with E-state index in [1.165, 1.54) is 159 Å². The Labute approximate surface area is 213 Å². The van der Waals surface area contributed by atoms with Crippen LogP contribution in [-0.2, 0) is 6.42 Å². The van der Waals surface area contributed by atoms with E-state index in [-0.39, 0.29) is 0 Å². The van der Waals surface area contributed by atoms with Crippen molar-refractivity contribution in [1.29, 1.82) is 0 Å². The van der Waals surface area contributed by atoms with E-state index in [2.05, 4.69) is 49.4 Å². The van der Waals surface area contributed by atoms with Crippen LogP contribution in [0.1, 0.15) is 154 Å². The average Bonchev–Trinajstić information content (AvgIpc) is 3.07. The summed E-state index contributed by atoms with van der Waals surface area (Å²) in [7, 11) is 0. The van der Waals surface area contributed by atoms with Crippen LogP contribution >= 0.6 is 0 Å². The van der Waals surface area contributed by atoms with Gasteiger partial charge in [-0.15, -0.1) is 0 Å². The molecular formula is C34H56. The number of hydrogen-bond acceptors (Lipinski definition) is 0.